The van der Waals surface area contributed by atoms with Crippen LogP contribution in [0.15, 0.2) is 24.3 Å². The molecule has 11 heteroatoms. The SMILES string of the molecule is Br.CCN1C[C@]2(OC(=O)c3ccccc3NC(C)=O)CC[C@H](OC)[C@@]34[C@@H]2C[C@H]([C@@H]13)[C@@]1(O)C[C@H](OC)[C@@H]2C[C@@H]4[C@]1(O)[C@H]2OC. The number of nitrogens with zero attached hydrogens (tertiary/aromatic N) is 1. The number of fused-ring (bicyclic) bond motifs is 2. The number of likely N-dealkylation sites (tertiary alicyclic amines) is 1. The van der Waals surface area contributed by atoms with Gasteiger partial charge in [-0.1, -0.05) is 19.1 Å². The van der Waals surface area contributed by atoms with E-state index >= 15 is 0 Å². The molecule has 1 saturated heterocycles. The zero-order valence-corrected chi connectivity index (χ0v) is 27.3. The number of carbonyl (C=O) groups excluding carboxylic acids is 2. The molecular weight excluding hydrogens is 620 g/mol. The molecule has 238 valence electrons. The first-order valence-corrected chi connectivity index (χ1v) is 15.4. The highest BCUT2D eigenvalue weighted by atomic mass is 79.9. The molecule has 5 saturated carbocycles. The number of benzene rings is 1. The van der Waals surface area contributed by atoms with E-state index in [-0.39, 0.29) is 64.8 Å². The van der Waals surface area contributed by atoms with Crippen molar-refractivity contribution in [2.24, 2.45) is 29.1 Å². The number of aliphatic hydroxyl groups is 2. The van der Waals surface area contributed by atoms with Gasteiger partial charge in [-0.25, -0.2) is 4.79 Å². The topological polar surface area (TPSA) is 127 Å². The van der Waals surface area contributed by atoms with Gasteiger partial charge < -0.3 is 34.5 Å². The molecule has 0 radical (unpaired) electrons. The van der Waals surface area contributed by atoms with Crippen molar-refractivity contribution in [1.29, 1.82) is 0 Å². The molecule has 7 bridgehead atoms. The van der Waals surface area contributed by atoms with Gasteiger partial charge in [-0.15, -0.1) is 17.0 Å². The Balaban J connectivity index is 0.00000329. The van der Waals surface area contributed by atoms with Crippen molar-refractivity contribution >= 4 is 34.5 Å². The summed E-state index contributed by atoms with van der Waals surface area (Å²) in [7, 11) is 5.05. The van der Waals surface area contributed by atoms with Crippen LogP contribution < -0.4 is 5.32 Å². The van der Waals surface area contributed by atoms with Crippen LogP contribution in [0, 0.1) is 29.1 Å². The average molecular weight is 666 g/mol. The molecule has 1 spiro atoms. The normalized spacial score (nSPS) is 47.0. The summed E-state index contributed by atoms with van der Waals surface area (Å²) in [6.45, 7) is 4.79. The van der Waals surface area contributed by atoms with E-state index in [2.05, 4.69) is 17.1 Å². The van der Waals surface area contributed by atoms with Gasteiger partial charge in [-0.2, -0.15) is 0 Å². The molecule has 6 aliphatic rings. The molecule has 0 aromatic heterocycles. The standard InChI is InChI=1S/C32H44N2O8.BrH/c1-6-34-16-29(42-28(36)18-9-7-8-10-21(18)33-17(2)35)12-11-25(40-4)31-23(29)14-20(26(31)34)30(37)15-22(39-3)19-13-24(31)32(30,38)27(19)41-5;/h7-10,19-20,22-27,37-38H,6,11-16H2,1-5H3,(H,33,35);1H/t19-,20+,22-,23+,24-,25-,26+,27-,29+,30-,31-,32-;/m0./s1. The van der Waals surface area contributed by atoms with E-state index in [4.69, 9.17) is 18.9 Å². The van der Waals surface area contributed by atoms with Gasteiger partial charge in [-0.3, -0.25) is 9.69 Å². The van der Waals surface area contributed by atoms with Gasteiger partial charge in [0, 0.05) is 76.3 Å². The summed E-state index contributed by atoms with van der Waals surface area (Å²) in [5.41, 5.74) is -3.57. The number of ether oxygens (including phenoxy) is 4. The fourth-order valence-corrected chi connectivity index (χ4v) is 11.6. The molecule has 7 rings (SSSR count). The molecule has 1 amide bonds. The van der Waals surface area contributed by atoms with E-state index in [1.54, 1.807) is 45.6 Å². The number of likely N-dealkylation sites (N-methyl/N-ethyl adjacent to an activating group) is 1. The van der Waals surface area contributed by atoms with E-state index in [1.165, 1.54) is 6.92 Å². The molecule has 6 fully saturated rings. The third kappa shape index (κ3) is 3.67. The third-order valence-electron chi connectivity index (χ3n) is 12.6. The molecule has 1 aromatic rings. The lowest BCUT2D eigenvalue weighted by atomic mass is 9.44. The van der Waals surface area contributed by atoms with Crippen LogP contribution in [0.25, 0.3) is 0 Å². The number of piperidine rings is 1. The van der Waals surface area contributed by atoms with Gasteiger partial charge in [0.1, 0.15) is 16.8 Å². The van der Waals surface area contributed by atoms with Crippen molar-refractivity contribution in [2.75, 3.05) is 39.7 Å². The molecule has 1 aliphatic heterocycles. The number of para-hydroxylation sites is 1. The van der Waals surface area contributed by atoms with Gasteiger partial charge in [0.2, 0.25) is 5.91 Å². The Hall–Kier alpha value is -1.60. The van der Waals surface area contributed by atoms with Crippen LogP contribution >= 0.6 is 17.0 Å². The van der Waals surface area contributed by atoms with Crippen molar-refractivity contribution in [3.8, 4) is 0 Å². The van der Waals surface area contributed by atoms with E-state index in [1.807, 2.05) is 0 Å². The molecule has 43 heavy (non-hydrogen) atoms. The second-order valence-corrected chi connectivity index (χ2v) is 13.7. The first-order valence-electron chi connectivity index (χ1n) is 15.4. The highest BCUT2D eigenvalue weighted by Crippen LogP contribution is 2.79. The highest BCUT2D eigenvalue weighted by molar-refractivity contribution is 8.93. The Kier molecular flexibility index (Phi) is 7.64. The fraction of sp³-hybridized carbons (Fsp3) is 0.750. The van der Waals surface area contributed by atoms with Crippen LogP contribution in [0.4, 0.5) is 5.69 Å². The zero-order chi connectivity index (χ0) is 29.8. The maximum absolute atomic E-state index is 14.0. The number of methoxy groups -OCH3 is 3. The molecular formula is C32H45BrN2O8. The Bertz CT molecular complexity index is 1300. The minimum atomic E-state index is -1.48. The van der Waals surface area contributed by atoms with E-state index < -0.39 is 34.3 Å². The van der Waals surface area contributed by atoms with Crippen LogP contribution in [-0.4, -0.2) is 103 Å². The van der Waals surface area contributed by atoms with Crippen LogP contribution in [-0.2, 0) is 23.7 Å². The summed E-state index contributed by atoms with van der Waals surface area (Å²) in [6, 6.07) is 6.89. The number of carbonyl (C=O) groups is 2. The first-order chi connectivity index (χ1) is 20.1. The number of halogens is 1. The van der Waals surface area contributed by atoms with Gasteiger partial charge in [0.25, 0.3) is 0 Å². The second-order valence-electron chi connectivity index (χ2n) is 13.7. The van der Waals surface area contributed by atoms with Crippen molar-refractivity contribution in [3.63, 3.8) is 0 Å². The first kappa shape index (κ1) is 31.4. The molecule has 1 heterocycles. The van der Waals surface area contributed by atoms with Gasteiger partial charge >= 0.3 is 5.97 Å². The number of anilines is 1. The monoisotopic (exact) mass is 664 g/mol. The number of hydrogen-bond donors (Lipinski definition) is 3. The van der Waals surface area contributed by atoms with Crippen LogP contribution in [0.3, 0.4) is 0 Å². The van der Waals surface area contributed by atoms with Crippen molar-refractivity contribution in [3.05, 3.63) is 29.8 Å². The lowest BCUT2D eigenvalue weighted by Gasteiger charge is -2.70. The lowest BCUT2D eigenvalue weighted by Crippen LogP contribution is -2.83. The minimum absolute atomic E-state index is 0. The molecule has 12 atom stereocenters. The molecule has 0 unspecified atom stereocenters. The van der Waals surface area contributed by atoms with Crippen molar-refractivity contribution < 1.29 is 38.7 Å². The summed E-state index contributed by atoms with van der Waals surface area (Å²) in [5.74, 6) is -1.54. The number of nitrogens with one attached hydrogen (secondary N) is 1. The van der Waals surface area contributed by atoms with Gasteiger partial charge in [0.15, 0.2) is 0 Å². The Morgan fingerprint density at radius 2 is 1.81 bits per heavy atom. The van der Waals surface area contributed by atoms with Crippen molar-refractivity contribution in [2.45, 2.75) is 87.1 Å². The van der Waals surface area contributed by atoms with E-state index in [9.17, 15) is 19.8 Å². The van der Waals surface area contributed by atoms with Crippen LogP contribution in [0.5, 0.6) is 0 Å². The summed E-state index contributed by atoms with van der Waals surface area (Å²) < 4.78 is 25.1. The Labute approximate surface area is 263 Å². The number of rotatable bonds is 7. The minimum Gasteiger partial charge on any atom is -0.454 e. The zero-order valence-electron chi connectivity index (χ0n) is 25.6. The Morgan fingerprint density at radius 3 is 2.47 bits per heavy atom. The predicted octanol–water partition coefficient (Wildman–Crippen LogP) is 2.80. The summed E-state index contributed by atoms with van der Waals surface area (Å²) >= 11 is 0. The molecule has 10 nitrogen and oxygen atoms in total. The average Bonchev–Trinajstić information content (AvgIpc) is 3.39. The van der Waals surface area contributed by atoms with Gasteiger partial charge in [-0.05, 0) is 44.4 Å². The highest BCUT2D eigenvalue weighted by Gasteiger charge is 2.89. The maximum atomic E-state index is 14.0. The van der Waals surface area contributed by atoms with Gasteiger partial charge in [0.05, 0.1) is 29.6 Å². The molecule has 1 aromatic carbocycles. The quantitative estimate of drug-likeness (QED) is 0.377. The Morgan fingerprint density at radius 1 is 1.07 bits per heavy atom. The maximum Gasteiger partial charge on any atom is 0.340 e. The smallest absolute Gasteiger partial charge is 0.340 e. The lowest BCUT2D eigenvalue weighted by molar-refractivity contribution is -0.337. The number of esters is 1. The third-order valence-corrected chi connectivity index (χ3v) is 12.6. The second kappa shape index (κ2) is 10.5. The van der Waals surface area contributed by atoms with Crippen LogP contribution in [0.1, 0.15) is 56.3 Å². The fourth-order valence-electron chi connectivity index (χ4n) is 11.6. The summed E-state index contributed by atoms with van der Waals surface area (Å²) in [5, 5.41) is 28.4. The molecule has 5 aliphatic carbocycles. The van der Waals surface area contributed by atoms with E-state index in [0.717, 1.165) is 0 Å². The largest absolute Gasteiger partial charge is 0.454 e. The number of amides is 1. The van der Waals surface area contributed by atoms with Crippen LogP contribution in [0.2, 0.25) is 0 Å². The van der Waals surface area contributed by atoms with Crippen molar-refractivity contribution in [1.82, 2.24) is 4.90 Å². The van der Waals surface area contributed by atoms with E-state index in [0.29, 0.717) is 56.4 Å². The summed E-state index contributed by atoms with van der Waals surface area (Å²) in [6.07, 6.45) is 1.91. The summed E-state index contributed by atoms with van der Waals surface area (Å²) in [4.78, 5) is 28.3. The predicted molar refractivity (Wildman–Crippen MR) is 162 cm³/mol. The number of hydrogen-bond acceptors (Lipinski definition) is 9. The molecule has 3 N–H and O–H groups in total.